The van der Waals surface area contributed by atoms with Gasteiger partial charge in [0.05, 0.1) is 46.1 Å². The monoisotopic (exact) mass is 709 g/mol. The molecule has 1 saturated heterocycles. The van der Waals surface area contributed by atoms with Crippen LogP contribution in [0.5, 0.6) is 0 Å². The normalized spacial score (nSPS) is 14.0. The number of hydrogen-bond acceptors (Lipinski definition) is 7. The van der Waals surface area contributed by atoms with Crippen LogP contribution in [-0.2, 0) is 6.54 Å². The number of piperidine rings is 1. The van der Waals surface area contributed by atoms with Crippen molar-refractivity contribution < 1.29 is 9.72 Å². The van der Waals surface area contributed by atoms with Crippen LogP contribution in [0.3, 0.4) is 0 Å². The average Bonchev–Trinajstić information content (AvgIpc) is 3.49. The van der Waals surface area contributed by atoms with Gasteiger partial charge in [-0.05, 0) is 90.6 Å². The zero-order valence-electron chi connectivity index (χ0n) is 27.1. The molecule has 12 nitrogen and oxygen atoms in total. The van der Waals surface area contributed by atoms with E-state index in [0.717, 1.165) is 44.8 Å². The second-order valence-corrected chi connectivity index (χ2v) is 12.9. The maximum Gasteiger partial charge on any atom is 0.342 e. The standard InChI is InChI=1S/C36H33Cl2N9O3/c1-23-40-22-35(47(49)50)45(23)19-16-39-36(48)44-17-14-27(15-18-44)42-31-21-34-32(20-30(31)41-26-10-6-24(37)7-11-26)43-29-4-2-3-5-33(29)46(34)28-12-8-25(38)9-13-28/h2-13,20-22,27,41H,14-19H2,1H3,(H,39,48). The number of carbonyl (C=O) groups is 1. The van der Waals surface area contributed by atoms with Crippen LogP contribution in [0.1, 0.15) is 18.7 Å². The summed E-state index contributed by atoms with van der Waals surface area (Å²) in [7, 11) is 0. The molecule has 50 heavy (non-hydrogen) atoms. The number of urea groups is 1. The third kappa shape index (κ3) is 6.98. The molecule has 0 spiro atoms. The second kappa shape index (κ2) is 14.2. The van der Waals surface area contributed by atoms with Crippen LogP contribution in [0.4, 0.5) is 22.0 Å². The highest BCUT2D eigenvalue weighted by Gasteiger charge is 2.24. The SMILES string of the molecule is Cc1ncc([N+](=O)[O-])n1CCNC(=O)N1CCC(N=c2cc3n(-c4ccc(Cl)cc4)c4ccccc4nc-3cc2Nc2ccc(Cl)cc2)CC1. The number of rotatable bonds is 8. The van der Waals surface area contributed by atoms with Crippen molar-refractivity contribution >= 4 is 57.5 Å². The van der Waals surface area contributed by atoms with E-state index in [2.05, 4.69) is 26.3 Å². The molecule has 0 saturated carbocycles. The molecule has 0 radical (unpaired) electrons. The summed E-state index contributed by atoms with van der Waals surface area (Å²) in [4.78, 5) is 39.9. The zero-order valence-corrected chi connectivity index (χ0v) is 28.6. The number of carbonyl (C=O) groups excluding carboxylic acids is 1. The van der Waals surface area contributed by atoms with Gasteiger partial charge in [0.1, 0.15) is 12.7 Å². The Labute approximate surface area is 297 Å². The van der Waals surface area contributed by atoms with E-state index >= 15 is 0 Å². The van der Waals surface area contributed by atoms with Crippen molar-refractivity contribution in [2.24, 2.45) is 4.99 Å². The van der Waals surface area contributed by atoms with Gasteiger partial charge in [0.2, 0.25) is 0 Å². The minimum absolute atomic E-state index is 0.0316. The fourth-order valence-corrected chi connectivity index (χ4v) is 6.52. The summed E-state index contributed by atoms with van der Waals surface area (Å²) in [5, 5.41) is 19.8. The maximum absolute atomic E-state index is 13.0. The first-order valence-corrected chi connectivity index (χ1v) is 17.0. The first-order valence-electron chi connectivity index (χ1n) is 16.2. The van der Waals surface area contributed by atoms with E-state index in [1.807, 2.05) is 78.9 Å². The van der Waals surface area contributed by atoms with E-state index in [-0.39, 0.29) is 31.0 Å². The summed E-state index contributed by atoms with van der Waals surface area (Å²) in [5.74, 6) is 0.426. The lowest BCUT2D eigenvalue weighted by molar-refractivity contribution is -0.392. The second-order valence-electron chi connectivity index (χ2n) is 12.1. The number of halogens is 2. The Morgan fingerprint density at radius 3 is 2.42 bits per heavy atom. The van der Waals surface area contributed by atoms with Crippen LogP contribution in [0, 0.1) is 17.0 Å². The number of aryl methyl sites for hydroxylation is 1. The number of anilines is 2. The number of aromatic nitrogens is 4. The highest BCUT2D eigenvalue weighted by Crippen LogP contribution is 2.31. The van der Waals surface area contributed by atoms with Crippen LogP contribution in [0.25, 0.3) is 28.1 Å². The molecule has 0 atom stereocenters. The molecule has 0 unspecified atom stereocenters. The smallest absolute Gasteiger partial charge is 0.342 e. The Morgan fingerprint density at radius 2 is 1.70 bits per heavy atom. The molecule has 3 aromatic carbocycles. The Bertz CT molecular complexity index is 2230. The van der Waals surface area contributed by atoms with Gasteiger partial charge in [0.25, 0.3) is 0 Å². The quantitative estimate of drug-likeness (QED) is 0.0963. The summed E-state index contributed by atoms with van der Waals surface area (Å²) in [6.45, 7) is 3.24. The number of para-hydroxylation sites is 2. The largest absolute Gasteiger partial charge is 0.358 e. The molecular weight excluding hydrogens is 677 g/mol. The van der Waals surface area contributed by atoms with Gasteiger partial charge in [-0.15, -0.1) is 0 Å². The number of likely N-dealkylation sites (tertiary alicyclic amines) is 1. The number of imidazole rings is 1. The molecule has 254 valence electrons. The van der Waals surface area contributed by atoms with Crippen molar-refractivity contribution in [3.63, 3.8) is 0 Å². The fraction of sp³-hybridized carbons (Fsp3) is 0.222. The van der Waals surface area contributed by atoms with Gasteiger partial charge >= 0.3 is 11.8 Å². The number of nitrogens with zero attached hydrogens (tertiary/aromatic N) is 7. The van der Waals surface area contributed by atoms with Gasteiger partial charge in [-0.1, -0.05) is 35.3 Å². The minimum atomic E-state index is -0.474. The van der Waals surface area contributed by atoms with Gasteiger partial charge in [0.15, 0.2) is 5.82 Å². The third-order valence-electron chi connectivity index (χ3n) is 8.81. The summed E-state index contributed by atoms with van der Waals surface area (Å²) < 4.78 is 3.66. The lowest BCUT2D eigenvalue weighted by Crippen LogP contribution is -2.46. The Balaban J connectivity index is 1.18. The van der Waals surface area contributed by atoms with E-state index in [9.17, 15) is 14.9 Å². The van der Waals surface area contributed by atoms with E-state index in [1.165, 1.54) is 10.8 Å². The summed E-state index contributed by atoms with van der Waals surface area (Å²) in [6, 6.07) is 27.1. The molecule has 2 aliphatic heterocycles. The van der Waals surface area contributed by atoms with E-state index in [4.69, 9.17) is 33.2 Å². The molecule has 1 fully saturated rings. The number of nitrogens with one attached hydrogen (secondary N) is 2. The lowest BCUT2D eigenvalue weighted by Gasteiger charge is -2.30. The number of amides is 2. The van der Waals surface area contributed by atoms with Crippen LogP contribution in [0.2, 0.25) is 10.0 Å². The highest BCUT2D eigenvalue weighted by molar-refractivity contribution is 6.30. The van der Waals surface area contributed by atoms with Crippen LogP contribution in [-0.4, -0.2) is 60.6 Å². The lowest BCUT2D eigenvalue weighted by atomic mass is 10.1. The molecule has 14 heteroatoms. The Kier molecular flexibility index (Phi) is 9.38. The molecule has 3 aliphatic rings. The molecule has 2 amide bonds. The number of benzene rings is 4. The van der Waals surface area contributed by atoms with Gasteiger partial charge in [-0.2, -0.15) is 0 Å². The molecule has 1 aliphatic carbocycles. The highest BCUT2D eigenvalue weighted by atomic mass is 35.5. The van der Waals surface area contributed by atoms with E-state index in [0.29, 0.717) is 41.8 Å². The molecular formula is C36H33Cl2N9O3. The van der Waals surface area contributed by atoms with Gasteiger partial charge < -0.3 is 30.2 Å². The van der Waals surface area contributed by atoms with Crippen molar-refractivity contribution in [2.75, 3.05) is 25.0 Å². The van der Waals surface area contributed by atoms with Crippen LogP contribution < -0.4 is 16.0 Å². The van der Waals surface area contributed by atoms with Gasteiger partial charge in [0, 0.05) is 41.4 Å². The molecule has 4 aromatic rings. The number of nitro groups is 1. The van der Waals surface area contributed by atoms with Crippen molar-refractivity contribution in [3.8, 4) is 17.1 Å². The summed E-state index contributed by atoms with van der Waals surface area (Å²) in [5.41, 5.74) is 6.08. The Morgan fingerprint density at radius 1 is 1.00 bits per heavy atom. The van der Waals surface area contributed by atoms with Crippen molar-refractivity contribution in [2.45, 2.75) is 32.4 Å². The van der Waals surface area contributed by atoms with Crippen molar-refractivity contribution in [1.82, 2.24) is 29.3 Å². The first-order chi connectivity index (χ1) is 24.2. The maximum atomic E-state index is 13.0. The predicted octanol–water partition coefficient (Wildman–Crippen LogP) is 7.37. The van der Waals surface area contributed by atoms with Gasteiger partial charge in [-0.25, -0.2) is 19.3 Å². The van der Waals surface area contributed by atoms with Crippen LogP contribution in [0.15, 0.2) is 96.1 Å². The molecule has 7 rings (SSSR count). The topological polar surface area (TPSA) is 136 Å². The minimum Gasteiger partial charge on any atom is -0.358 e. The Hall–Kier alpha value is -5.46. The molecule has 2 N–H and O–H groups in total. The first kappa shape index (κ1) is 33.1. The van der Waals surface area contributed by atoms with E-state index in [1.54, 1.807) is 11.8 Å². The average molecular weight is 711 g/mol. The number of hydrogen-bond donors (Lipinski definition) is 2. The van der Waals surface area contributed by atoms with Crippen molar-refractivity contribution in [1.29, 1.82) is 0 Å². The van der Waals surface area contributed by atoms with Gasteiger partial charge in [-0.3, -0.25) is 4.99 Å². The zero-order chi connectivity index (χ0) is 34.8. The molecule has 1 aromatic heterocycles. The molecule has 3 heterocycles. The van der Waals surface area contributed by atoms with Crippen LogP contribution >= 0.6 is 23.2 Å². The number of fused-ring (bicyclic) bond motifs is 2. The van der Waals surface area contributed by atoms with E-state index < -0.39 is 4.92 Å². The summed E-state index contributed by atoms with van der Waals surface area (Å²) in [6.07, 6.45) is 2.57. The molecule has 0 bridgehead atoms. The fourth-order valence-electron chi connectivity index (χ4n) is 6.27. The summed E-state index contributed by atoms with van der Waals surface area (Å²) >= 11 is 12.4. The predicted molar refractivity (Wildman–Crippen MR) is 195 cm³/mol. The third-order valence-corrected chi connectivity index (χ3v) is 9.32. The van der Waals surface area contributed by atoms with Crippen molar-refractivity contribution in [3.05, 3.63) is 122 Å².